The van der Waals surface area contributed by atoms with Crippen LogP contribution in [0.2, 0.25) is 0 Å². The Morgan fingerprint density at radius 1 is 1.03 bits per heavy atom. The molecule has 2 unspecified atom stereocenters. The van der Waals surface area contributed by atoms with Gasteiger partial charge in [0.2, 0.25) is 0 Å². The quantitative estimate of drug-likeness (QED) is 0.807. The molecule has 7 heteroatoms. The summed E-state index contributed by atoms with van der Waals surface area (Å²) in [6.45, 7) is 2.23. The Kier molecular flexibility index (Phi) is 4.66. The highest BCUT2D eigenvalue weighted by atomic mass is 16.4. The van der Waals surface area contributed by atoms with Crippen molar-refractivity contribution >= 4 is 23.7 Å². The SMILES string of the molecule is CC1C(C(=O)O)CCN1C(=O)c1ccc2c(c1)C(=O)N(Cc1ccccc1)C2=O. The van der Waals surface area contributed by atoms with Crippen LogP contribution in [0.4, 0.5) is 0 Å². The van der Waals surface area contributed by atoms with Crippen LogP contribution in [0.25, 0.3) is 0 Å². The highest BCUT2D eigenvalue weighted by Crippen LogP contribution is 2.29. The first kappa shape index (κ1) is 18.9. The smallest absolute Gasteiger partial charge is 0.308 e. The normalized spacial score (nSPS) is 20.9. The van der Waals surface area contributed by atoms with Gasteiger partial charge in [0, 0.05) is 18.2 Å². The summed E-state index contributed by atoms with van der Waals surface area (Å²) >= 11 is 0. The number of aliphatic carboxylic acids is 1. The maximum absolute atomic E-state index is 12.9. The van der Waals surface area contributed by atoms with E-state index in [2.05, 4.69) is 0 Å². The lowest BCUT2D eigenvalue weighted by Gasteiger charge is -2.23. The number of carbonyl (C=O) groups is 4. The number of nitrogens with zero attached hydrogens (tertiary/aromatic N) is 2. The van der Waals surface area contributed by atoms with Crippen LogP contribution in [0, 0.1) is 5.92 Å². The van der Waals surface area contributed by atoms with E-state index < -0.39 is 23.8 Å². The van der Waals surface area contributed by atoms with E-state index in [0.717, 1.165) is 5.56 Å². The van der Waals surface area contributed by atoms with Crippen molar-refractivity contribution in [2.24, 2.45) is 5.92 Å². The van der Waals surface area contributed by atoms with Gasteiger partial charge in [-0.1, -0.05) is 30.3 Å². The van der Waals surface area contributed by atoms with Crippen molar-refractivity contribution in [3.63, 3.8) is 0 Å². The molecule has 3 amide bonds. The second kappa shape index (κ2) is 7.16. The van der Waals surface area contributed by atoms with Crippen molar-refractivity contribution in [1.82, 2.24) is 9.80 Å². The number of rotatable bonds is 4. The standard InChI is InChI=1S/C22H20N2O5/c1-13-16(22(28)29)9-10-23(13)19(25)15-7-8-17-18(11-15)21(27)24(20(17)26)12-14-5-3-2-4-6-14/h2-8,11,13,16H,9-10,12H2,1H3,(H,28,29). The molecule has 0 aliphatic carbocycles. The van der Waals surface area contributed by atoms with Crippen LogP contribution in [-0.4, -0.2) is 51.2 Å². The lowest BCUT2D eigenvalue weighted by Crippen LogP contribution is -2.37. The minimum Gasteiger partial charge on any atom is -0.481 e. The first-order valence-corrected chi connectivity index (χ1v) is 9.46. The summed E-state index contributed by atoms with van der Waals surface area (Å²) in [7, 11) is 0. The number of carboxylic acids is 1. The minimum atomic E-state index is -0.918. The Bertz CT molecular complexity index is 1020. The van der Waals surface area contributed by atoms with E-state index in [0.29, 0.717) is 13.0 Å². The summed E-state index contributed by atoms with van der Waals surface area (Å²) in [5.74, 6) is -2.66. The number of carbonyl (C=O) groups excluding carboxylic acids is 3. The van der Waals surface area contributed by atoms with Gasteiger partial charge in [-0.2, -0.15) is 0 Å². The van der Waals surface area contributed by atoms with E-state index in [1.807, 2.05) is 30.3 Å². The zero-order valence-electron chi connectivity index (χ0n) is 15.9. The Morgan fingerprint density at radius 3 is 2.38 bits per heavy atom. The highest BCUT2D eigenvalue weighted by Gasteiger charge is 2.40. The molecule has 2 aliphatic heterocycles. The maximum Gasteiger partial charge on any atom is 0.308 e. The molecule has 4 rings (SSSR count). The molecule has 0 radical (unpaired) electrons. The van der Waals surface area contributed by atoms with Crippen molar-refractivity contribution in [3.05, 3.63) is 70.8 Å². The van der Waals surface area contributed by atoms with Crippen LogP contribution in [-0.2, 0) is 11.3 Å². The van der Waals surface area contributed by atoms with Crippen LogP contribution < -0.4 is 0 Å². The van der Waals surface area contributed by atoms with Gasteiger partial charge >= 0.3 is 5.97 Å². The van der Waals surface area contributed by atoms with Crippen molar-refractivity contribution in [1.29, 1.82) is 0 Å². The fraction of sp³-hybridized carbons (Fsp3) is 0.273. The number of benzene rings is 2. The van der Waals surface area contributed by atoms with Crippen molar-refractivity contribution < 1.29 is 24.3 Å². The minimum absolute atomic E-state index is 0.167. The Morgan fingerprint density at radius 2 is 1.72 bits per heavy atom. The van der Waals surface area contributed by atoms with Crippen LogP contribution in [0.3, 0.4) is 0 Å². The Labute approximate surface area is 167 Å². The molecule has 2 heterocycles. The zero-order valence-corrected chi connectivity index (χ0v) is 15.9. The van der Waals surface area contributed by atoms with E-state index in [1.54, 1.807) is 6.92 Å². The van der Waals surface area contributed by atoms with Gasteiger partial charge in [0.25, 0.3) is 17.7 Å². The van der Waals surface area contributed by atoms with Crippen LogP contribution >= 0.6 is 0 Å². The number of hydrogen-bond acceptors (Lipinski definition) is 4. The fourth-order valence-electron chi connectivity index (χ4n) is 4.06. The number of hydrogen-bond donors (Lipinski definition) is 1. The molecule has 29 heavy (non-hydrogen) atoms. The van der Waals surface area contributed by atoms with Crippen LogP contribution in [0.5, 0.6) is 0 Å². The van der Waals surface area contributed by atoms with Gasteiger partial charge in [-0.05, 0) is 37.1 Å². The van der Waals surface area contributed by atoms with Gasteiger partial charge in [-0.15, -0.1) is 0 Å². The predicted octanol–water partition coefficient (Wildman–Crippen LogP) is 2.42. The predicted molar refractivity (Wildman–Crippen MR) is 103 cm³/mol. The molecule has 0 saturated carbocycles. The van der Waals surface area contributed by atoms with E-state index in [1.165, 1.54) is 28.0 Å². The molecule has 2 aromatic rings. The third kappa shape index (κ3) is 3.18. The van der Waals surface area contributed by atoms with Gasteiger partial charge in [0.05, 0.1) is 23.6 Å². The Balaban J connectivity index is 1.58. The van der Waals surface area contributed by atoms with Crippen LogP contribution in [0.15, 0.2) is 48.5 Å². The van der Waals surface area contributed by atoms with E-state index >= 15 is 0 Å². The van der Waals surface area contributed by atoms with Crippen molar-refractivity contribution in [2.75, 3.05) is 6.54 Å². The van der Waals surface area contributed by atoms with E-state index in [9.17, 15) is 24.3 Å². The maximum atomic E-state index is 12.9. The lowest BCUT2D eigenvalue weighted by molar-refractivity contribution is -0.142. The monoisotopic (exact) mass is 392 g/mol. The molecule has 0 spiro atoms. The summed E-state index contributed by atoms with van der Waals surface area (Å²) in [5, 5.41) is 9.27. The third-order valence-electron chi connectivity index (χ3n) is 5.73. The molecular formula is C22H20N2O5. The molecule has 148 valence electrons. The van der Waals surface area contributed by atoms with Crippen LogP contribution in [0.1, 0.15) is 50.0 Å². The zero-order chi connectivity index (χ0) is 20.7. The second-order valence-corrected chi connectivity index (χ2v) is 7.41. The number of likely N-dealkylation sites (tertiary alicyclic amines) is 1. The number of fused-ring (bicyclic) bond motifs is 1. The highest BCUT2D eigenvalue weighted by molar-refractivity contribution is 6.22. The topological polar surface area (TPSA) is 95.0 Å². The molecule has 2 aliphatic rings. The largest absolute Gasteiger partial charge is 0.481 e. The first-order valence-electron chi connectivity index (χ1n) is 9.46. The summed E-state index contributed by atoms with van der Waals surface area (Å²) in [5.41, 5.74) is 1.60. The third-order valence-corrected chi connectivity index (χ3v) is 5.73. The summed E-state index contributed by atoms with van der Waals surface area (Å²) < 4.78 is 0. The second-order valence-electron chi connectivity index (χ2n) is 7.41. The van der Waals surface area contributed by atoms with E-state index in [4.69, 9.17) is 0 Å². The van der Waals surface area contributed by atoms with Gasteiger partial charge in [-0.25, -0.2) is 0 Å². The Hall–Kier alpha value is -3.48. The summed E-state index contributed by atoms with van der Waals surface area (Å²) in [4.78, 5) is 52.4. The molecule has 1 saturated heterocycles. The fourth-order valence-corrected chi connectivity index (χ4v) is 4.06. The summed E-state index contributed by atoms with van der Waals surface area (Å²) in [6, 6.07) is 13.3. The average Bonchev–Trinajstić information content (AvgIpc) is 3.21. The molecule has 0 aromatic heterocycles. The van der Waals surface area contributed by atoms with Crippen molar-refractivity contribution in [3.8, 4) is 0 Å². The van der Waals surface area contributed by atoms with Gasteiger partial charge in [0.1, 0.15) is 0 Å². The first-order chi connectivity index (χ1) is 13.9. The molecule has 1 fully saturated rings. The molecule has 2 aromatic carbocycles. The molecule has 0 bridgehead atoms. The number of amides is 3. The van der Waals surface area contributed by atoms with Gasteiger partial charge in [-0.3, -0.25) is 24.1 Å². The number of carboxylic acid groups (broad SMARTS) is 1. The van der Waals surface area contributed by atoms with E-state index in [-0.39, 0.29) is 35.0 Å². The summed E-state index contributed by atoms with van der Waals surface area (Å²) in [6.07, 6.45) is 0.398. The average molecular weight is 392 g/mol. The molecular weight excluding hydrogens is 372 g/mol. The lowest BCUT2D eigenvalue weighted by atomic mass is 10.0. The van der Waals surface area contributed by atoms with Gasteiger partial charge in [0.15, 0.2) is 0 Å². The molecule has 2 atom stereocenters. The van der Waals surface area contributed by atoms with Gasteiger partial charge < -0.3 is 10.0 Å². The van der Waals surface area contributed by atoms with Crippen molar-refractivity contribution in [2.45, 2.75) is 25.9 Å². The number of imide groups is 1. The molecule has 7 nitrogen and oxygen atoms in total. The molecule has 1 N–H and O–H groups in total.